The Morgan fingerprint density at radius 2 is 1.77 bits per heavy atom. The van der Waals surface area contributed by atoms with Crippen molar-refractivity contribution in [1.82, 2.24) is 15.0 Å². The lowest BCUT2D eigenvalue weighted by Gasteiger charge is -2.09. The standard InChI is InChI=1S/C16H15ClN4O/c17-12-6-8-14(9-7-12)22-11-16-15(10-18)19-20-21(16)13-4-2-1-3-5-13/h1-9H,10-11,18H2. The topological polar surface area (TPSA) is 66.0 Å². The zero-order valence-corrected chi connectivity index (χ0v) is 12.6. The highest BCUT2D eigenvalue weighted by molar-refractivity contribution is 6.30. The Labute approximate surface area is 133 Å². The number of hydrogen-bond donors (Lipinski definition) is 1. The van der Waals surface area contributed by atoms with Gasteiger partial charge in [0.2, 0.25) is 0 Å². The molecule has 5 nitrogen and oxygen atoms in total. The number of halogens is 1. The first-order chi connectivity index (χ1) is 10.8. The van der Waals surface area contributed by atoms with Crippen LogP contribution >= 0.6 is 11.6 Å². The predicted molar refractivity (Wildman–Crippen MR) is 85.0 cm³/mol. The zero-order valence-electron chi connectivity index (χ0n) is 11.8. The van der Waals surface area contributed by atoms with Crippen LogP contribution in [0.1, 0.15) is 11.4 Å². The summed E-state index contributed by atoms with van der Waals surface area (Å²) < 4.78 is 7.54. The molecule has 2 aromatic carbocycles. The number of ether oxygens (including phenoxy) is 1. The molecule has 0 atom stereocenters. The predicted octanol–water partition coefficient (Wildman–Crippen LogP) is 2.96. The molecule has 0 aliphatic rings. The lowest BCUT2D eigenvalue weighted by atomic mass is 10.3. The van der Waals surface area contributed by atoms with E-state index in [0.29, 0.717) is 18.2 Å². The van der Waals surface area contributed by atoms with E-state index in [9.17, 15) is 0 Å². The molecule has 0 unspecified atom stereocenters. The quantitative estimate of drug-likeness (QED) is 0.786. The van der Waals surface area contributed by atoms with E-state index in [1.54, 1.807) is 16.8 Å². The van der Waals surface area contributed by atoms with Gasteiger partial charge >= 0.3 is 0 Å². The third kappa shape index (κ3) is 3.10. The van der Waals surface area contributed by atoms with Gasteiger partial charge in [-0.1, -0.05) is 35.0 Å². The molecule has 0 spiro atoms. The largest absolute Gasteiger partial charge is 0.487 e. The molecule has 0 bridgehead atoms. The van der Waals surface area contributed by atoms with Gasteiger partial charge in [0.1, 0.15) is 23.7 Å². The van der Waals surface area contributed by atoms with E-state index in [2.05, 4.69) is 10.3 Å². The maximum absolute atomic E-state index is 5.87. The SMILES string of the molecule is NCc1nnn(-c2ccccc2)c1COc1ccc(Cl)cc1. The third-order valence-electron chi connectivity index (χ3n) is 3.23. The molecular weight excluding hydrogens is 300 g/mol. The molecule has 2 N–H and O–H groups in total. The molecule has 1 aromatic heterocycles. The van der Waals surface area contributed by atoms with Gasteiger partial charge in [0.05, 0.1) is 5.69 Å². The highest BCUT2D eigenvalue weighted by Gasteiger charge is 2.13. The van der Waals surface area contributed by atoms with E-state index < -0.39 is 0 Å². The highest BCUT2D eigenvalue weighted by atomic mass is 35.5. The first kappa shape index (κ1) is 14.6. The monoisotopic (exact) mass is 314 g/mol. The molecule has 0 fully saturated rings. The van der Waals surface area contributed by atoms with Crippen LogP contribution in [-0.2, 0) is 13.2 Å². The second-order valence-electron chi connectivity index (χ2n) is 4.68. The summed E-state index contributed by atoms with van der Waals surface area (Å²) in [4.78, 5) is 0. The minimum absolute atomic E-state index is 0.312. The Bertz CT molecular complexity index is 741. The number of hydrogen-bond acceptors (Lipinski definition) is 4. The fourth-order valence-electron chi connectivity index (χ4n) is 2.09. The first-order valence-electron chi connectivity index (χ1n) is 6.85. The zero-order chi connectivity index (χ0) is 15.4. The number of para-hydroxylation sites is 1. The first-order valence-corrected chi connectivity index (χ1v) is 7.23. The minimum atomic E-state index is 0.312. The Kier molecular flexibility index (Phi) is 4.37. The van der Waals surface area contributed by atoms with Crippen LogP contribution in [0.15, 0.2) is 54.6 Å². The number of benzene rings is 2. The van der Waals surface area contributed by atoms with Gasteiger partial charge in [-0.25, -0.2) is 4.68 Å². The molecule has 0 saturated carbocycles. The van der Waals surface area contributed by atoms with Gasteiger partial charge in [-0.15, -0.1) is 5.10 Å². The summed E-state index contributed by atoms with van der Waals surface area (Å²) in [6.45, 7) is 0.641. The molecule has 6 heteroatoms. The maximum Gasteiger partial charge on any atom is 0.132 e. The van der Waals surface area contributed by atoms with Crippen molar-refractivity contribution >= 4 is 11.6 Å². The Morgan fingerprint density at radius 3 is 2.45 bits per heavy atom. The van der Waals surface area contributed by atoms with Gasteiger partial charge < -0.3 is 10.5 Å². The summed E-state index contributed by atoms with van der Waals surface area (Å²) in [5, 5.41) is 8.97. The minimum Gasteiger partial charge on any atom is -0.487 e. The normalized spacial score (nSPS) is 10.6. The summed E-state index contributed by atoms with van der Waals surface area (Å²) in [6, 6.07) is 17.0. The van der Waals surface area contributed by atoms with E-state index in [4.69, 9.17) is 22.1 Å². The summed E-state index contributed by atoms with van der Waals surface area (Å²) in [5.74, 6) is 0.730. The summed E-state index contributed by atoms with van der Waals surface area (Å²) in [7, 11) is 0. The number of rotatable bonds is 5. The van der Waals surface area contributed by atoms with Gasteiger partial charge in [-0.2, -0.15) is 0 Å². The molecule has 0 aliphatic heterocycles. The van der Waals surface area contributed by atoms with Crippen molar-refractivity contribution in [2.24, 2.45) is 5.73 Å². The van der Waals surface area contributed by atoms with Crippen LogP contribution in [0.25, 0.3) is 5.69 Å². The second-order valence-corrected chi connectivity index (χ2v) is 5.11. The van der Waals surface area contributed by atoms with Gasteiger partial charge in [0.15, 0.2) is 0 Å². The van der Waals surface area contributed by atoms with E-state index in [1.807, 2.05) is 42.5 Å². The van der Waals surface area contributed by atoms with Crippen molar-refractivity contribution in [2.45, 2.75) is 13.2 Å². The van der Waals surface area contributed by atoms with Gasteiger partial charge in [0, 0.05) is 11.6 Å². The summed E-state index contributed by atoms with van der Waals surface area (Å²) in [6.07, 6.45) is 0. The molecule has 0 amide bonds. The van der Waals surface area contributed by atoms with Crippen LogP contribution in [-0.4, -0.2) is 15.0 Å². The van der Waals surface area contributed by atoms with Gasteiger partial charge in [0.25, 0.3) is 0 Å². The van der Waals surface area contributed by atoms with Gasteiger partial charge in [-0.05, 0) is 36.4 Å². The van der Waals surface area contributed by atoms with Crippen LogP contribution in [0.4, 0.5) is 0 Å². The Hall–Kier alpha value is -2.37. The van der Waals surface area contributed by atoms with Crippen molar-refractivity contribution in [1.29, 1.82) is 0 Å². The summed E-state index contributed by atoms with van der Waals surface area (Å²) in [5.41, 5.74) is 8.22. The van der Waals surface area contributed by atoms with E-state index >= 15 is 0 Å². The molecule has 0 aliphatic carbocycles. The smallest absolute Gasteiger partial charge is 0.132 e. The molecule has 3 rings (SSSR count). The molecule has 0 radical (unpaired) electrons. The van der Waals surface area contributed by atoms with Gasteiger partial charge in [-0.3, -0.25) is 0 Å². The number of aromatic nitrogens is 3. The Balaban J connectivity index is 1.86. The molecular formula is C16H15ClN4O. The number of nitrogens with two attached hydrogens (primary N) is 1. The van der Waals surface area contributed by atoms with Crippen molar-refractivity contribution in [3.05, 3.63) is 71.0 Å². The van der Waals surface area contributed by atoms with Crippen molar-refractivity contribution in [2.75, 3.05) is 0 Å². The average Bonchev–Trinajstić information content (AvgIpc) is 2.98. The van der Waals surface area contributed by atoms with E-state index in [1.165, 1.54) is 0 Å². The van der Waals surface area contributed by atoms with Crippen molar-refractivity contribution in [3.63, 3.8) is 0 Å². The highest BCUT2D eigenvalue weighted by Crippen LogP contribution is 2.19. The lowest BCUT2D eigenvalue weighted by molar-refractivity contribution is 0.296. The van der Waals surface area contributed by atoms with Crippen LogP contribution in [0.3, 0.4) is 0 Å². The molecule has 0 saturated heterocycles. The van der Waals surface area contributed by atoms with Crippen LogP contribution < -0.4 is 10.5 Å². The molecule has 22 heavy (non-hydrogen) atoms. The van der Waals surface area contributed by atoms with Crippen LogP contribution in [0.5, 0.6) is 5.75 Å². The lowest BCUT2D eigenvalue weighted by Crippen LogP contribution is -2.09. The maximum atomic E-state index is 5.87. The third-order valence-corrected chi connectivity index (χ3v) is 3.48. The number of nitrogens with zero attached hydrogens (tertiary/aromatic N) is 3. The second kappa shape index (κ2) is 6.60. The van der Waals surface area contributed by atoms with Crippen molar-refractivity contribution < 1.29 is 4.74 Å². The van der Waals surface area contributed by atoms with E-state index in [-0.39, 0.29) is 0 Å². The molecule has 3 aromatic rings. The Morgan fingerprint density at radius 1 is 1.05 bits per heavy atom. The average molecular weight is 315 g/mol. The molecule has 1 heterocycles. The fourth-order valence-corrected chi connectivity index (χ4v) is 2.22. The summed E-state index contributed by atoms with van der Waals surface area (Å²) >= 11 is 5.87. The van der Waals surface area contributed by atoms with Crippen molar-refractivity contribution in [3.8, 4) is 11.4 Å². The fraction of sp³-hybridized carbons (Fsp3) is 0.125. The van der Waals surface area contributed by atoms with Crippen LogP contribution in [0, 0.1) is 0 Å². The van der Waals surface area contributed by atoms with Crippen LogP contribution in [0.2, 0.25) is 5.02 Å². The molecule has 112 valence electrons. The van der Waals surface area contributed by atoms with E-state index in [0.717, 1.165) is 22.8 Å².